The zero-order chi connectivity index (χ0) is 17.0. The van der Waals surface area contributed by atoms with E-state index in [0.29, 0.717) is 32.5 Å². The lowest BCUT2D eigenvalue weighted by molar-refractivity contribution is -0.385. The lowest BCUT2D eigenvalue weighted by atomic mass is 9.84. The molecule has 0 N–H and O–H groups in total. The van der Waals surface area contributed by atoms with E-state index in [2.05, 4.69) is 6.58 Å². The molecular weight excluding hydrogens is 296 g/mol. The van der Waals surface area contributed by atoms with Crippen molar-refractivity contribution in [1.82, 2.24) is 4.90 Å². The van der Waals surface area contributed by atoms with Crippen molar-refractivity contribution in [2.24, 2.45) is 5.41 Å². The number of carbonyl (C=O) groups is 1. The molecule has 1 aromatic rings. The lowest BCUT2D eigenvalue weighted by Gasteiger charge is -2.35. The standard InChI is InChI=1S/C17H22N2O4/c1-4-17(2,8-10-23-3)16(20)18-9-7-13-5-6-15(19(21)22)11-14(13)12-18/h4-6,11H,1,7-10,12H2,2-3H3/t17-/m0/s1. The summed E-state index contributed by atoms with van der Waals surface area (Å²) < 4.78 is 5.08. The number of rotatable bonds is 6. The van der Waals surface area contributed by atoms with Gasteiger partial charge in [0.2, 0.25) is 5.91 Å². The van der Waals surface area contributed by atoms with Crippen molar-refractivity contribution in [2.75, 3.05) is 20.3 Å². The minimum Gasteiger partial charge on any atom is -0.385 e. The van der Waals surface area contributed by atoms with Crippen LogP contribution in [-0.4, -0.2) is 36.0 Å². The van der Waals surface area contributed by atoms with Crippen LogP contribution < -0.4 is 0 Å². The Hall–Kier alpha value is -2.21. The Morgan fingerprint density at radius 3 is 2.87 bits per heavy atom. The molecule has 0 saturated carbocycles. The summed E-state index contributed by atoms with van der Waals surface area (Å²) in [7, 11) is 1.60. The van der Waals surface area contributed by atoms with E-state index in [-0.39, 0.29) is 11.6 Å². The molecule has 1 heterocycles. The van der Waals surface area contributed by atoms with Crippen molar-refractivity contribution in [2.45, 2.75) is 26.3 Å². The maximum atomic E-state index is 12.9. The topological polar surface area (TPSA) is 72.7 Å². The van der Waals surface area contributed by atoms with Crippen LogP contribution in [-0.2, 0) is 22.5 Å². The number of non-ortho nitro benzene ring substituents is 1. The van der Waals surface area contributed by atoms with Crippen LogP contribution in [0.15, 0.2) is 30.9 Å². The quantitative estimate of drug-likeness (QED) is 0.459. The predicted octanol–water partition coefficient (Wildman–Crippen LogP) is 2.71. The molecule has 0 aliphatic carbocycles. The molecule has 0 radical (unpaired) electrons. The zero-order valence-electron chi connectivity index (χ0n) is 13.6. The van der Waals surface area contributed by atoms with Gasteiger partial charge in [0, 0.05) is 38.9 Å². The van der Waals surface area contributed by atoms with Crippen molar-refractivity contribution in [3.8, 4) is 0 Å². The van der Waals surface area contributed by atoms with Crippen LogP contribution in [0.2, 0.25) is 0 Å². The minimum atomic E-state index is -0.686. The fraction of sp³-hybridized carbons (Fsp3) is 0.471. The molecule has 0 spiro atoms. The first-order valence-electron chi connectivity index (χ1n) is 7.59. The number of amides is 1. The molecule has 1 atom stereocenters. The average Bonchev–Trinajstić information content (AvgIpc) is 2.57. The minimum absolute atomic E-state index is 0.0123. The van der Waals surface area contributed by atoms with E-state index in [0.717, 1.165) is 11.1 Å². The first-order valence-corrected chi connectivity index (χ1v) is 7.59. The summed E-state index contributed by atoms with van der Waals surface area (Å²) in [6.07, 6.45) is 2.93. The van der Waals surface area contributed by atoms with Crippen LogP contribution in [0.1, 0.15) is 24.5 Å². The number of hydrogen-bond acceptors (Lipinski definition) is 4. The average molecular weight is 318 g/mol. The van der Waals surface area contributed by atoms with E-state index in [1.165, 1.54) is 6.07 Å². The highest BCUT2D eigenvalue weighted by atomic mass is 16.6. The highest BCUT2D eigenvalue weighted by molar-refractivity contribution is 5.84. The number of ether oxygens (including phenoxy) is 1. The van der Waals surface area contributed by atoms with Crippen LogP contribution in [0.5, 0.6) is 0 Å². The number of methoxy groups -OCH3 is 1. The highest BCUT2D eigenvalue weighted by Gasteiger charge is 2.35. The molecule has 124 valence electrons. The van der Waals surface area contributed by atoms with Crippen LogP contribution in [0.25, 0.3) is 0 Å². The van der Waals surface area contributed by atoms with Gasteiger partial charge < -0.3 is 9.64 Å². The van der Waals surface area contributed by atoms with Crippen LogP contribution in [0.4, 0.5) is 5.69 Å². The molecule has 23 heavy (non-hydrogen) atoms. The van der Waals surface area contributed by atoms with Gasteiger partial charge in [0.25, 0.3) is 5.69 Å². The van der Waals surface area contributed by atoms with Gasteiger partial charge in [0.05, 0.1) is 10.3 Å². The van der Waals surface area contributed by atoms with E-state index in [9.17, 15) is 14.9 Å². The molecule has 2 rings (SSSR count). The molecule has 6 heteroatoms. The van der Waals surface area contributed by atoms with Gasteiger partial charge in [0.15, 0.2) is 0 Å². The summed E-state index contributed by atoms with van der Waals surface area (Å²) in [4.78, 5) is 25.1. The van der Waals surface area contributed by atoms with Gasteiger partial charge in [0.1, 0.15) is 0 Å². The van der Waals surface area contributed by atoms with Crippen molar-refractivity contribution in [3.63, 3.8) is 0 Å². The van der Waals surface area contributed by atoms with Crippen molar-refractivity contribution < 1.29 is 14.5 Å². The number of carbonyl (C=O) groups excluding carboxylic acids is 1. The largest absolute Gasteiger partial charge is 0.385 e. The first kappa shape index (κ1) is 17.1. The molecule has 1 aromatic carbocycles. The van der Waals surface area contributed by atoms with Gasteiger partial charge >= 0.3 is 0 Å². The van der Waals surface area contributed by atoms with Gasteiger partial charge in [-0.2, -0.15) is 0 Å². The molecule has 0 bridgehead atoms. The second-order valence-corrected chi connectivity index (χ2v) is 6.05. The third-order valence-electron chi connectivity index (χ3n) is 4.46. The molecule has 6 nitrogen and oxygen atoms in total. The molecule has 0 saturated heterocycles. The fourth-order valence-corrected chi connectivity index (χ4v) is 2.80. The smallest absolute Gasteiger partial charge is 0.269 e. The van der Waals surface area contributed by atoms with Crippen molar-refractivity contribution in [1.29, 1.82) is 0 Å². The second-order valence-electron chi connectivity index (χ2n) is 6.05. The summed E-state index contributed by atoms with van der Waals surface area (Å²) in [6, 6.07) is 4.87. The molecule has 1 amide bonds. The summed E-state index contributed by atoms with van der Waals surface area (Å²) in [5.74, 6) is -0.0123. The Bertz CT molecular complexity index is 629. The van der Waals surface area contributed by atoms with Gasteiger partial charge in [-0.3, -0.25) is 14.9 Å². The lowest BCUT2D eigenvalue weighted by Crippen LogP contribution is -2.44. The zero-order valence-corrected chi connectivity index (χ0v) is 13.6. The van der Waals surface area contributed by atoms with E-state index in [4.69, 9.17) is 4.74 Å². The van der Waals surface area contributed by atoms with Gasteiger partial charge in [-0.1, -0.05) is 12.1 Å². The molecule has 0 unspecified atom stereocenters. The normalized spacial score (nSPS) is 16.3. The molecular formula is C17H22N2O4. The number of nitro benzene ring substituents is 1. The van der Waals surface area contributed by atoms with E-state index >= 15 is 0 Å². The Balaban J connectivity index is 2.20. The Morgan fingerprint density at radius 1 is 1.52 bits per heavy atom. The maximum absolute atomic E-state index is 12.9. The molecule has 0 aromatic heterocycles. The SMILES string of the molecule is C=C[C@@](C)(CCOC)C(=O)N1CCc2ccc([N+](=O)[O-])cc2C1. The third-order valence-corrected chi connectivity index (χ3v) is 4.46. The van der Waals surface area contributed by atoms with Gasteiger partial charge in [-0.15, -0.1) is 6.58 Å². The van der Waals surface area contributed by atoms with Gasteiger partial charge in [-0.05, 0) is 30.9 Å². The predicted molar refractivity (Wildman–Crippen MR) is 87.0 cm³/mol. The number of nitrogens with zero attached hydrogens (tertiary/aromatic N) is 2. The number of benzene rings is 1. The number of nitro groups is 1. The number of fused-ring (bicyclic) bond motifs is 1. The maximum Gasteiger partial charge on any atom is 0.269 e. The molecule has 0 fully saturated rings. The Morgan fingerprint density at radius 2 is 2.26 bits per heavy atom. The molecule has 1 aliphatic heterocycles. The van der Waals surface area contributed by atoms with Crippen LogP contribution >= 0.6 is 0 Å². The van der Waals surface area contributed by atoms with E-state index < -0.39 is 10.3 Å². The van der Waals surface area contributed by atoms with Crippen LogP contribution in [0.3, 0.4) is 0 Å². The third kappa shape index (κ3) is 3.59. The summed E-state index contributed by atoms with van der Waals surface area (Å²) in [5, 5.41) is 10.9. The van der Waals surface area contributed by atoms with Crippen molar-refractivity contribution >= 4 is 11.6 Å². The van der Waals surface area contributed by atoms with E-state index in [1.54, 1.807) is 30.2 Å². The number of hydrogen-bond donors (Lipinski definition) is 0. The summed E-state index contributed by atoms with van der Waals surface area (Å²) in [6.45, 7) is 7.12. The monoisotopic (exact) mass is 318 g/mol. The summed E-state index contributed by atoms with van der Waals surface area (Å²) in [5.41, 5.74) is 1.28. The van der Waals surface area contributed by atoms with E-state index in [1.807, 2.05) is 6.92 Å². The van der Waals surface area contributed by atoms with Crippen molar-refractivity contribution in [3.05, 3.63) is 52.1 Å². The summed E-state index contributed by atoms with van der Waals surface area (Å²) >= 11 is 0. The van der Waals surface area contributed by atoms with Gasteiger partial charge in [-0.25, -0.2) is 0 Å². The second kappa shape index (κ2) is 6.91. The Labute approximate surface area is 135 Å². The highest BCUT2D eigenvalue weighted by Crippen LogP contribution is 2.30. The Kier molecular flexibility index (Phi) is 5.15. The van der Waals surface area contributed by atoms with Crippen LogP contribution in [0, 0.1) is 15.5 Å². The fourth-order valence-electron chi connectivity index (χ4n) is 2.80. The molecule has 1 aliphatic rings. The first-order chi connectivity index (χ1) is 10.9.